The molecule has 0 aliphatic heterocycles. The Morgan fingerprint density at radius 3 is 2.25 bits per heavy atom. The highest BCUT2D eigenvalue weighted by Gasteiger charge is 2.16. The molecule has 2 aromatic rings. The Labute approximate surface area is 168 Å². The van der Waals surface area contributed by atoms with Crippen molar-refractivity contribution in [2.75, 3.05) is 25.0 Å². The summed E-state index contributed by atoms with van der Waals surface area (Å²) in [6.07, 6.45) is 0. The highest BCUT2D eigenvalue weighted by atomic mass is 16.2. The summed E-state index contributed by atoms with van der Waals surface area (Å²) in [4.78, 5) is 29.0. The summed E-state index contributed by atoms with van der Waals surface area (Å²) in [5.41, 5.74) is 2.41. The van der Waals surface area contributed by atoms with Gasteiger partial charge in [0.05, 0.1) is 6.54 Å². The van der Waals surface area contributed by atoms with Crippen molar-refractivity contribution in [1.29, 1.82) is 0 Å². The SMILES string of the molecule is CCN(CC)C(=O)c1cccc(NC(=O)CN(Cc2ccccc2)C(C)C)c1. The largest absolute Gasteiger partial charge is 0.339 e. The standard InChI is InChI=1S/C23H31N3O2/c1-5-25(6-2)23(28)20-13-10-14-21(15-20)24-22(27)17-26(18(3)4)16-19-11-8-7-9-12-19/h7-15,18H,5-6,16-17H2,1-4H3,(H,24,27). The molecule has 0 heterocycles. The van der Waals surface area contributed by atoms with Gasteiger partial charge >= 0.3 is 0 Å². The minimum Gasteiger partial charge on any atom is -0.339 e. The number of rotatable bonds is 9. The van der Waals surface area contributed by atoms with Crippen LogP contribution in [-0.4, -0.2) is 47.3 Å². The van der Waals surface area contributed by atoms with Crippen LogP contribution < -0.4 is 5.32 Å². The third-order valence-electron chi connectivity index (χ3n) is 4.75. The first kappa shape index (κ1) is 21.6. The molecule has 0 aliphatic rings. The smallest absolute Gasteiger partial charge is 0.253 e. The van der Waals surface area contributed by atoms with E-state index in [1.165, 1.54) is 5.56 Å². The lowest BCUT2D eigenvalue weighted by Gasteiger charge is -2.26. The van der Waals surface area contributed by atoms with E-state index >= 15 is 0 Å². The van der Waals surface area contributed by atoms with Gasteiger partial charge in [-0.2, -0.15) is 0 Å². The molecular formula is C23H31N3O2. The zero-order chi connectivity index (χ0) is 20.5. The van der Waals surface area contributed by atoms with Gasteiger partial charge in [-0.15, -0.1) is 0 Å². The Balaban J connectivity index is 2.03. The predicted octanol–water partition coefficient (Wildman–Crippen LogP) is 4.02. The second-order valence-corrected chi connectivity index (χ2v) is 7.09. The van der Waals surface area contributed by atoms with E-state index in [-0.39, 0.29) is 17.9 Å². The Morgan fingerprint density at radius 2 is 1.64 bits per heavy atom. The van der Waals surface area contributed by atoms with E-state index in [4.69, 9.17) is 0 Å². The van der Waals surface area contributed by atoms with Crippen LogP contribution in [0.4, 0.5) is 5.69 Å². The van der Waals surface area contributed by atoms with Crippen molar-refractivity contribution in [2.24, 2.45) is 0 Å². The van der Waals surface area contributed by atoms with Crippen LogP contribution in [0, 0.1) is 0 Å². The number of amides is 2. The van der Waals surface area contributed by atoms with E-state index < -0.39 is 0 Å². The highest BCUT2D eigenvalue weighted by Crippen LogP contribution is 2.14. The van der Waals surface area contributed by atoms with E-state index in [0.717, 1.165) is 0 Å². The monoisotopic (exact) mass is 381 g/mol. The number of hydrogen-bond acceptors (Lipinski definition) is 3. The number of nitrogens with one attached hydrogen (secondary N) is 1. The summed E-state index contributed by atoms with van der Waals surface area (Å²) in [6, 6.07) is 17.5. The Hall–Kier alpha value is -2.66. The molecule has 0 unspecified atom stereocenters. The van der Waals surface area contributed by atoms with Crippen LogP contribution in [0.25, 0.3) is 0 Å². The maximum absolute atomic E-state index is 12.6. The Kier molecular flexibility index (Phi) is 8.20. The average molecular weight is 382 g/mol. The van der Waals surface area contributed by atoms with Gasteiger partial charge in [0.25, 0.3) is 5.91 Å². The minimum absolute atomic E-state index is 0.0195. The molecular weight excluding hydrogens is 350 g/mol. The predicted molar refractivity (Wildman–Crippen MR) is 114 cm³/mol. The van der Waals surface area contributed by atoms with Crippen LogP contribution in [0.15, 0.2) is 54.6 Å². The fourth-order valence-corrected chi connectivity index (χ4v) is 3.05. The minimum atomic E-state index is -0.0860. The normalized spacial score (nSPS) is 10.9. The quantitative estimate of drug-likeness (QED) is 0.714. The fraction of sp³-hybridized carbons (Fsp3) is 0.391. The van der Waals surface area contributed by atoms with E-state index in [2.05, 4.69) is 36.2 Å². The van der Waals surface area contributed by atoms with Crippen LogP contribution in [0.2, 0.25) is 0 Å². The summed E-state index contributed by atoms with van der Waals surface area (Å²) >= 11 is 0. The highest BCUT2D eigenvalue weighted by molar-refractivity contribution is 5.97. The number of anilines is 1. The maximum Gasteiger partial charge on any atom is 0.253 e. The number of carbonyl (C=O) groups is 2. The molecule has 0 aromatic heterocycles. The average Bonchev–Trinajstić information content (AvgIpc) is 2.69. The molecule has 0 saturated heterocycles. The molecule has 2 rings (SSSR count). The van der Waals surface area contributed by atoms with Crippen molar-refractivity contribution in [3.63, 3.8) is 0 Å². The van der Waals surface area contributed by atoms with Crippen molar-refractivity contribution < 1.29 is 9.59 Å². The molecule has 5 nitrogen and oxygen atoms in total. The molecule has 1 N–H and O–H groups in total. The second kappa shape index (κ2) is 10.6. The molecule has 2 aromatic carbocycles. The molecule has 0 saturated carbocycles. The molecule has 28 heavy (non-hydrogen) atoms. The summed E-state index contributed by atoms with van der Waals surface area (Å²) in [5, 5.41) is 2.93. The third-order valence-corrected chi connectivity index (χ3v) is 4.75. The van der Waals surface area contributed by atoms with Crippen molar-refractivity contribution >= 4 is 17.5 Å². The lowest BCUT2D eigenvalue weighted by atomic mass is 10.1. The van der Waals surface area contributed by atoms with Gasteiger partial charge in [0.1, 0.15) is 0 Å². The molecule has 0 atom stereocenters. The van der Waals surface area contributed by atoms with E-state index in [0.29, 0.717) is 37.4 Å². The van der Waals surface area contributed by atoms with Gasteiger partial charge in [0.15, 0.2) is 0 Å². The Bertz CT molecular complexity index is 770. The molecule has 0 spiro atoms. The summed E-state index contributed by atoms with van der Waals surface area (Å²) in [7, 11) is 0. The molecule has 5 heteroatoms. The molecule has 0 fully saturated rings. The molecule has 2 amide bonds. The van der Waals surface area contributed by atoms with E-state index in [9.17, 15) is 9.59 Å². The number of nitrogens with zero attached hydrogens (tertiary/aromatic N) is 2. The third kappa shape index (κ3) is 6.20. The maximum atomic E-state index is 12.6. The summed E-state index contributed by atoms with van der Waals surface area (Å²) in [6.45, 7) is 10.4. The topological polar surface area (TPSA) is 52.7 Å². The van der Waals surface area contributed by atoms with Gasteiger partial charge in [0.2, 0.25) is 5.91 Å². The van der Waals surface area contributed by atoms with Crippen molar-refractivity contribution in [2.45, 2.75) is 40.3 Å². The van der Waals surface area contributed by atoms with Crippen LogP contribution in [0.3, 0.4) is 0 Å². The second-order valence-electron chi connectivity index (χ2n) is 7.09. The summed E-state index contributed by atoms with van der Waals surface area (Å²) in [5.74, 6) is -0.106. The summed E-state index contributed by atoms with van der Waals surface area (Å²) < 4.78 is 0. The molecule has 0 bridgehead atoms. The molecule has 0 radical (unpaired) electrons. The van der Waals surface area contributed by atoms with Gasteiger partial charge in [-0.3, -0.25) is 14.5 Å². The molecule has 0 aliphatic carbocycles. The fourth-order valence-electron chi connectivity index (χ4n) is 3.05. The first-order valence-corrected chi connectivity index (χ1v) is 9.91. The van der Waals surface area contributed by atoms with Crippen LogP contribution >= 0.6 is 0 Å². The first-order valence-electron chi connectivity index (χ1n) is 9.91. The van der Waals surface area contributed by atoms with Crippen molar-refractivity contribution in [3.8, 4) is 0 Å². The number of hydrogen-bond donors (Lipinski definition) is 1. The van der Waals surface area contributed by atoms with Crippen LogP contribution in [0.5, 0.6) is 0 Å². The van der Waals surface area contributed by atoms with Crippen molar-refractivity contribution in [1.82, 2.24) is 9.80 Å². The number of carbonyl (C=O) groups excluding carboxylic acids is 2. The van der Waals surface area contributed by atoms with Crippen LogP contribution in [0.1, 0.15) is 43.6 Å². The first-order chi connectivity index (χ1) is 13.4. The zero-order valence-electron chi connectivity index (χ0n) is 17.3. The lowest BCUT2D eigenvalue weighted by molar-refractivity contribution is -0.117. The zero-order valence-corrected chi connectivity index (χ0v) is 17.3. The lowest BCUT2D eigenvalue weighted by Crippen LogP contribution is -2.37. The van der Waals surface area contributed by atoms with Crippen molar-refractivity contribution in [3.05, 3.63) is 65.7 Å². The van der Waals surface area contributed by atoms with Gasteiger partial charge in [0, 0.05) is 36.9 Å². The van der Waals surface area contributed by atoms with Crippen LogP contribution in [-0.2, 0) is 11.3 Å². The van der Waals surface area contributed by atoms with E-state index in [1.807, 2.05) is 38.1 Å². The van der Waals surface area contributed by atoms with Gasteiger partial charge < -0.3 is 10.2 Å². The van der Waals surface area contributed by atoms with Gasteiger partial charge in [-0.25, -0.2) is 0 Å². The van der Waals surface area contributed by atoms with Gasteiger partial charge in [-0.1, -0.05) is 36.4 Å². The number of benzene rings is 2. The Morgan fingerprint density at radius 1 is 0.964 bits per heavy atom. The molecule has 150 valence electrons. The van der Waals surface area contributed by atoms with E-state index in [1.54, 1.807) is 23.1 Å². The van der Waals surface area contributed by atoms with Gasteiger partial charge in [-0.05, 0) is 51.5 Å².